The van der Waals surface area contributed by atoms with E-state index in [-0.39, 0.29) is 30.2 Å². The molecular formula is C31H34F2N6O5. The highest BCUT2D eigenvalue weighted by Crippen LogP contribution is 2.26. The number of benzene rings is 2. The number of piperidine rings is 1. The second-order valence-electron chi connectivity index (χ2n) is 11.1. The maximum absolute atomic E-state index is 13.3. The van der Waals surface area contributed by atoms with E-state index in [4.69, 9.17) is 4.74 Å². The number of nitrogens with one attached hydrogen (secondary N) is 1. The predicted molar refractivity (Wildman–Crippen MR) is 157 cm³/mol. The Bertz CT molecular complexity index is 1460. The maximum Gasteiger partial charge on any atom is 0.387 e. The van der Waals surface area contributed by atoms with Crippen LogP contribution in [0.1, 0.15) is 37.0 Å². The van der Waals surface area contributed by atoms with Crippen LogP contribution in [0, 0.1) is 0 Å². The van der Waals surface area contributed by atoms with Crippen LogP contribution in [0.3, 0.4) is 0 Å². The van der Waals surface area contributed by atoms with Crippen molar-refractivity contribution in [1.29, 1.82) is 0 Å². The Morgan fingerprint density at radius 3 is 2.36 bits per heavy atom. The second-order valence-corrected chi connectivity index (χ2v) is 11.1. The molecule has 0 unspecified atom stereocenters. The fourth-order valence-electron chi connectivity index (χ4n) is 5.57. The van der Waals surface area contributed by atoms with Crippen molar-refractivity contribution in [3.63, 3.8) is 0 Å². The third-order valence-corrected chi connectivity index (χ3v) is 7.98. The van der Waals surface area contributed by atoms with E-state index in [9.17, 15) is 23.2 Å². The summed E-state index contributed by atoms with van der Waals surface area (Å²) in [6, 6.07) is 13.2. The molecule has 0 atom stereocenters. The minimum atomic E-state index is -2.89. The molecule has 0 aliphatic carbocycles. The van der Waals surface area contributed by atoms with Crippen LogP contribution >= 0.6 is 0 Å². The molecule has 2 amide bonds. The summed E-state index contributed by atoms with van der Waals surface area (Å²) in [6.07, 6.45) is 4.74. The van der Waals surface area contributed by atoms with Gasteiger partial charge in [-0.25, -0.2) is 9.97 Å². The topological polar surface area (TPSA) is 117 Å². The molecule has 5 rings (SSSR count). The molecule has 1 N–H and O–H groups in total. The molecule has 13 heteroatoms. The summed E-state index contributed by atoms with van der Waals surface area (Å²) in [7, 11) is 0. The van der Waals surface area contributed by atoms with E-state index >= 15 is 0 Å². The number of likely N-dealkylation sites (tertiary alicyclic amines) is 1. The highest BCUT2D eigenvalue weighted by Gasteiger charge is 2.37. The summed E-state index contributed by atoms with van der Waals surface area (Å²) >= 11 is 0. The van der Waals surface area contributed by atoms with Gasteiger partial charge in [0, 0.05) is 61.4 Å². The number of ether oxygens (including phenoxy) is 2. The van der Waals surface area contributed by atoms with Crippen molar-refractivity contribution in [2.45, 2.75) is 45.1 Å². The fraction of sp³-hybridized carbons (Fsp3) is 0.387. The van der Waals surface area contributed by atoms with Gasteiger partial charge in [0.15, 0.2) is 5.72 Å². The molecule has 0 spiro atoms. The molecule has 2 aromatic carbocycles. The molecule has 2 saturated heterocycles. The normalized spacial score (nSPS) is 16.6. The lowest BCUT2D eigenvalue weighted by molar-refractivity contribution is -0.165. The highest BCUT2D eigenvalue weighted by atomic mass is 19.3. The first kappa shape index (κ1) is 30.8. The molecule has 44 heavy (non-hydrogen) atoms. The smallest absolute Gasteiger partial charge is 0.387 e. The van der Waals surface area contributed by atoms with Gasteiger partial charge in [0.05, 0.1) is 0 Å². The van der Waals surface area contributed by atoms with Crippen LogP contribution in [0.2, 0.25) is 0 Å². The number of rotatable bonds is 10. The van der Waals surface area contributed by atoms with Gasteiger partial charge in [-0.15, -0.1) is 0 Å². The van der Waals surface area contributed by atoms with Crippen molar-refractivity contribution >= 4 is 29.9 Å². The maximum atomic E-state index is 13.3. The van der Waals surface area contributed by atoms with Gasteiger partial charge in [-0.1, -0.05) is 18.2 Å². The van der Waals surface area contributed by atoms with Gasteiger partial charge in [-0.2, -0.15) is 8.78 Å². The third kappa shape index (κ3) is 7.28. The quantitative estimate of drug-likeness (QED) is 0.339. The van der Waals surface area contributed by atoms with Crippen LogP contribution in [0.4, 0.5) is 20.4 Å². The minimum absolute atomic E-state index is 0.0102. The van der Waals surface area contributed by atoms with Crippen LogP contribution in [0.5, 0.6) is 5.75 Å². The molecule has 2 aliphatic rings. The average molecular weight is 609 g/mol. The molecular weight excluding hydrogens is 574 g/mol. The van der Waals surface area contributed by atoms with Crippen molar-refractivity contribution in [3.8, 4) is 16.9 Å². The van der Waals surface area contributed by atoms with Crippen LogP contribution in [0.15, 0.2) is 60.9 Å². The molecule has 3 heterocycles. The van der Waals surface area contributed by atoms with E-state index in [2.05, 4.69) is 24.9 Å². The van der Waals surface area contributed by atoms with Crippen molar-refractivity contribution in [1.82, 2.24) is 24.7 Å². The molecule has 3 aromatic rings. The van der Waals surface area contributed by atoms with E-state index < -0.39 is 12.3 Å². The highest BCUT2D eigenvalue weighted by molar-refractivity contribution is 5.98. The summed E-state index contributed by atoms with van der Waals surface area (Å²) in [5.74, 6) is 0.0599. The molecule has 0 radical (unpaired) electrons. The number of carbonyl (C=O) groups is 3. The van der Waals surface area contributed by atoms with Crippen LogP contribution in [-0.2, 0) is 14.3 Å². The first-order valence-corrected chi connectivity index (χ1v) is 14.3. The molecule has 0 bridgehead atoms. The Balaban J connectivity index is 1.15. The van der Waals surface area contributed by atoms with Gasteiger partial charge < -0.3 is 24.6 Å². The van der Waals surface area contributed by atoms with Crippen molar-refractivity contribution in [2.75, 3.05) is 38.0 Å². The zero-order valence-corrected chi connectivity index (χ0v) is 24.5. The SMILES string of the molecule is CC(C)(OC=O)N1CCC(N2CCN(C(=O)c3cccc(Nc4ncc(-c5ccc(OC(F)F)cc5)cn4)c3)CC2=O)CC1. The molecule has 232 valence electrons. The molecule has 2 aliphatic heterocycles. The van der Waals surface area contributed by atoms with Gasteiger partial charge in [0.25, 0.3) is 12.4 Å². The van der Waals surface area contributed by atoms with Crippen LogP contribution in [-0.4, -0.2) is 94.1 Å². The van der Waals surface area contributed by atoms with E-state index in [1.54, 1.807) is 53.7 Å². The number of piperazine rings is 1. The van der Waals surface area contributed by atoms with Gasteiger partial charge in [-0.3, -0.25) is 19.3 Å². The second kappa shape index (κ2) is 13.3. The zero-order valence-electron chi connectivity index (χ0n) is 24.5. The number of alkyl halides is 2. The molecule has 2 fully saturated rings. The van der Waals surface area contributed by atoms with Gasteiger partial charge >= 0.3 is 6.61 Å². The largest absolute Gasteiger partial charge is 0.446 e. The van der Waals surface area contributed by atoms with Crippen molar-refractivity contribution in [2.24, 2.45) is 0 Å². The van der Waals surface area contributed by atoms with Gasteiger partial charge in [0.2, 0.25) is 11.9 Å². The number of anilines is 2. The monoisotopic (exact) mass is 608 g/mol. The lowest BCUT2D eigenvalue weighted by Gasteiger charge is -2.45. The predicted octanol–water partition coefficient (Wildman–Crippen LogP) is 4.15. The number of hydrogen-bond donors (Lipinski definition) is 1. The van der Waals surface area contributed by atoms with Gasteiger partial charge in [0.1, 0.15) is 12.3 Å². The van der Waals surface area contributed by atoms with E-state index in [0.717, 1.165) is 18.4 Å². The first-order valence-electron chi connectivity index (χ1n) is 14.3. The average Bonchev–Trinajstić information content (AvgIpc) is 3.01. The minimum Gasteiger partial charge on any atom is -0.446 e. The standard InChI is InChI=1S/C31H34F2N6O5/c1-31(2,43-20-40)38-12-10-25(11-13-38)39-15-14-37(19-27(39)41)28(42)22-4-3-5-24(16-22)36-30-34-17-23(18-35-30)21-6-8-26(9-7-21)44-29(32)33/h3-9,16-18,20,25,29H,10-15,19H2,1-2H3,(H,34,35,36). The molecule has 11 nitrogen and oxygen atoms in total. The Kier molecular flexibility index (Phi) is 9.33. The van der Waals surface area contributed by atoms with E-state index in [0.29, 0.717) is 55.4 Å². The Morgan fingerprint density at radius 2 is 1.73 bits per heavy atom. The summed E-state index contributed by atoms with van der Waals surface area (Å²) < 4.78 is 34.4. The van der Waals surface area contributed by atoms with Crippen molar-refractivity contribution < 1.29 is 32.6 Å². The van der Waals surface area contributed by atoms with Crippen LogP contribution in [0.25, 0.3) is 11.1 Å². The number of hydrogen-bond acceptors (Lipinski definition) is 9. The number of carbonyl (C=O) groups excluding carboxylic acids is 3. The number of halogens is 2. The lowest BCUT2D eigenvalue weighted by Crippen LogP contribution is -2.59. The lowest BCUT2D eigenvalue weighted by atomic mass is 10.00. The number of aromatic nitrogens is 2. The number of amides is 2. The molecule has 0 saturated carbocycles. The first-order chi connectivity index (χ1) is 21.1. The Hall–Kier alpha value is -4.65. The summed E-state index contributed by atoms with van der Waals surface area (Å²) in [5, 5.41) is 3.09. The summed E-state index contributed by atoms with van der Waals surface area (Å²) in [4.78, 5) is 51.5. The zero-order chi connectivity index (χ0) is 31.3. The van der Waals surface area contributed by atoms with E-state index in [1.165, 1.54) is 12.1 Å². The number of nitrogens with zero attached hydrogens (tertiary/aromatic N) is 5. The summed E-state index contributed by atoms with van der Waals surface area (Å²) in [6.45, 7) is 3.59. The van der Waals surface area contributed by atoms with Crippen LogP contribution < -0.4 is 10.1 Å². The van der Waals surface area contributed by atoms with Crippen molar-refractivity contribution in [3.05, 3.63) is 66.5 Å². The fourth-order valence-corrected chi connectivity index (χ4v) is 5.57. The Morgan fingerprint density at radius 1 is 1.02 bits per heavy atom. The van der Waals surface area contributed by atoms with Gasteiger partial charge in [-0.05, 0) is 62.6 Å². The third-order valence-electron chi connectivity index (χ3n) is 7.98. The summed E-state index contributed by atoms with van der Waals surface area (Å²) in [5.41, 5.74) is 1.78. The Labute approximate surface area is 253 Å². The molecule has 1 aromatic heterocycles. The van der Waals surface area contributed by atoms with E-state index in [1.807, 2.05) is 18.7 Å².